The van der Waals surface area contributed by atoms with Crippen LogP contribution in [-0.2, 0) is 6.54 Å². The van der Waals surface area contributed by atoms with E-state index in [4.69, 9.17) is 11.6 Å². The number of rotatable bonds is 6. The number of nitrogens with one attached hydrogen (secondary N) is 1. The molecule has 2 aromatic rings. The molecule has 0 unspecified atom stereocenters. The van der Waals surface area contributed by atoms with Crippen molar-refractivity contribution in [1.29, 1.82) is 0 Å². The van der Waals surface area contributed by atoms with Crippen LogP contribution in [0.2, 0.25) is 5.02 Å². The van der Waals surface area contributed by atoms with Crippen LogP contribution < -0.4 is 5.32 Å². The fourth-order valence-corrected chi connectivity index (χ4v) is 2.41. The fraction of sp³-hybridized carbons (Fsp3) is 0.400. The van der Waals surface area contributed by atoms with Crippen molar-refractivity contribution < 1.29 is 4.39 Å². The van der Waals surface area contributed by atoms with E-state index in [1.165, 1.54) is 12.1 Å². The molecule has 0 aliphatic carbocycles. The first-order chi connectivity index (χ1) is 9.62. The molecule has 0 atom stereocenters. The summed E-state index contributed by atoms with van der Waals surface area (Å²) < 4.78 is 15.2. The number of hydrogen-bond donors (Lipinski definition) is 1. The summed E-state index contributed by atoms with van der Waals surface area (Å²) in [6.07, 6.45) is 4.11. The van der Waals surface area contributed by atoms with Gasteiger partial charge in [0.1, 0.15) is 5.82 Å². The van der Waals surface area contributed by atoms with E-state index in [9.17, 15) is 4.39 Å². The van der Waals surface area contributed by atoms with E-state index in [1.807, 2.05) is 16.9 Å². The molecule has 5 heteroatoms. The Balaban J connectivity index is 2.00. The quantitative estimate of drug-likeness (QED) is 0.841. The summed E-state index contributed by atoms with van der Waals surface area (Å²) >= 11 is 5.82. The molecule has 0 radical (unpaired) electrons. The van der Waals surface area contributed by atoms with Gasteiger partial charge in [0.2, 0.25) is 0 Å². The van der Waals surface area contributed by atoms with E-state index in [2.05, 4.69) is 24.3 Å². The lowest BCUT2D eigenvalue weighted by molar-refractivity contribution is 0.426. The van der Waals surface area contributed by atoms with Crippen molar-refractivity contribution in [2.24, 2.45) is 0 Å². The molecule has 0 fully saturated rings. The molecule has 1 N–H and O–H groups in total. The topological polar surface area (TPSA) is 29.9 Å². The molecule has 1 aromatic heterocycles. The molecule has 0 spiro atoms. The monoisotopic (exact) mass is 295 g/mol. The third-order valence-corrected chi connectivity index (χ3v) is 3.53. The predicted octanol–water partition coefficient (Wildman–Crippen LogP) is 4.65. The van der Waals surface area contributed by atoms with Gasteiger partial charge < -0.3 is 5.32 Å². The number of halogens is 2. The maximum Gasteiger partial charge on any atom is 0.126 e. The van der Waals surface area contributed by atoms with Gasteiger partial charge >= 0.3 is 0 Å². The van der Waals surface area contributed by atoms with Crippen LogP contribution in [-0.4, -0.2) is 9.78 Å². The van der Waals surface area contributed by atoms with Crippen molar-refractivity contribution in [3.63, 3.8) is 0 Å². The van der Waals surface area contributed by atoms with Crippen LogP contribution in [0.25, 0.3) is 0 Å². The second-order valence-corrected chi connectivity index (χ2v) is 5.21. The molecule has 0 saturated heterocycles. The van der Waals surface area contributed by atoms with Crippen LogP contribution in [0.1, 0.15) is 38.4 Å². The predicted molar refractivity (Wildman–Crippen MR) is 80.6 cm³/mol. The van der Waals surface area contributed by atoms with E-state index < -0.39 is 0 Å². The summed E-state index contributed by atoms with van der Waals surface area (Å²) in [6, 6.07) is 6.82. The molecule has 0 aliphatic rings. The first-order valence-corrected chi connectivity index (χ1v) is 7.24. The third-order valence-electron chi connectivity index (χ3n) is 3.32. The second-order valence-electron chi connectivity index (χ2n) is 4.77. The van der Waals surface area contributed by atoms with Crippen molar-refractivity contribution in [2.45, 2.75) is 39.3 Å². The van der Waals surface area contributed by atoms with Gasteiger partial charge in [0.05, 0.1) is 18.3 Å². The molecule has 3 nitrogen and oxygen atoms in total. The lowest BCUT2D eigenvalue weighted by atomic mass is 10.2. The van der Waals surface area contributed by atoms with Crippen molar-refractivity contribution in [3.8, 4) is 0 Å². The maximum atomic E-state index is 13.2. The molecule has 0 amide bonds. The summed E-state index contributed by atoms with van der Waals surface area (Å²) in [6.45, 7) is 4.86. The van der Waals surface area contributed by atoms with E-state index in [-0.39, 0.29) is 5.82 Å². The Bertz CT molecular complexity index is 544. The zero-order valence-electron chi connectivity index (χ0n) is 11.7. The Labute approximate surface area is 123 Å². The normalized spacial score (nSPS) is 11.1. The van der Waals surface area contributed by atoms with Gasteiger partial charge in [-0.15, -0.1) is 0 Å². The van der Waals surface area contributed by atoms with E-state index in [0.29, 0.717) is 23.3 Å². The maximum absolute atomic E-state index is 13.2. The second kappa shape index (κ2) is 6.75. The molecule has 108 valence electrons. The summed E-state index contributed by atoms with van der Waals surface area (Å²) in [4.78, 5) is 0. The Hall–Kier alpha value is -1.55. The number of anilines is 1. The third kappa shape index (κ3) is 3.73. The molecular formula is C15H19ClFN3. The SMILES string of the molecule is CCC(CC)n1ccc(CNc2cc(F)cc(Cl)c2)n1. The Morgan fingerprint density at radius 3 is 2.70 bits per heavy atom. The Morgan fingerprint density at radius 1 is 1.30 bits per heavy atom. The van der Waals surface area contributed by atoms with Gasteiger partial charge in [0.25, 0.3) is 0 Å². The molecule has 0 bridgehead atoms. The summed E-state index contributed by atoms with van der Waals surface area (Å²) in [5.41, 5.74) is 1.59. The van der Waals surface area contributed by atoms with E-state index in [1.54, 1.807) is 6.07 Å². The largest absolute Gasteiger partial charge is 0.379 e. The van der Waals surface area contributed by atoms with Crippen LogP contribution >= 0.6 is 11.6 Å². The lowest BCUT2D eigenvalue weighted by Crippen LogP contribution is -2.09. The Morgan fingerprint density at radius 2 is 2.05 bits per heavy atom. The minimum absolute atomic E-state index is 0.345. The number of hydrogen-bond acceptors (Lipinski definition) is 2. The number of nitrogens with zero attached hydrogens (tertiary/aromatic N) is 2. The first-order valence-electron chi connectivity index (χ1n) is 6.86. The molecule has 2 rings (SSSR count). The molecule has 0 saturated carbocycles. The molecule has 0 aliphatic heterocycles. The average molecular weight is 296 g/mol. The Kier molecular flexibility index (Phi) is 5.01. The summed E-state index contributed by atoms with van der Waals surface area (Å²) in [5.74, 6) is -0.345. The minimum atomic E-state index is -0.345. The molecule has 1 heterocycles. The van der Waals surface area contributed by atoms with Crippen molar-refractivity contribution in [1.82, 2.24) is 9.78 Å². The fourth-order valence-electron chi connectivity index (χ4n) is 2.19. The zero-order valence-corrected chi connectivity index (χ0v) is 12.5. The van der Waals surface area contributed by atoms with E-state index in [0.717, 1.165) is 18.5 Å². The summed E-state index contributed by atoms with van der Waals surface area (Å²) in [5, 5.41) is 8.05. The standard InChI is InChI=1S/C15H19ClFN3/c1-3-15(4-2)20-6-5-13(19-20)10-18-14-8-11(16)7-12(17)9-14/h5-9,15,18H,3-4,10H2,1-2H3. The average Bonchev–Trinajstić information content (AvgIpc) is 2.86. The van der Waals surface area contributed by atoms with Gasteiger partial charge in [0, 0.05) is 16.9 Å². The first kappa shape index (κ1) is 14.9. The van der Waals surface area contributed by atoms with Crippen molar-refractivity contribution in [2.75, 3.05) is 5.32 Å². The highest BCUT2D eigenvalue weighted by Gasteiger charge is 2.08. The van der Waals surface area contributed by atoms with Gasteiger partial charge in [-0.25, -0.2) is 4.39 Å². The zero-order chi connectivity index (χ0) is 14.5. The highest BCUT2D eigenvalue weighted by molar-refractivity contribution is 6.30. The molecule has 1 aromatic carbocycles. The van der Waals surface area contributed by atoms with Crippen LogP contribution in [0, 0.1) is 5.82 Å². The highest BCUT2D eigenvalue weighted by Crippen LogP contribution is 2.19. The lowest BCUT2D eigenvalue weighted by Gasteiger charge is -2.12. The summed E-state index contributed by atoms with van der Waals surface area (Å²) in [7, 11) is 0. The van der Waals surface area contributed by atoms with Crippen LogP contribution in [0.15, 0.2) is 30.5 Å². The smallest absolute Gasteiger partial charge is 0.126 e. The van der Waals surface area contributed by atoms with Crippen molar-refractivity contribution >= 4 is 17.3 Å². The van der Waals surface area contributed by atoms with E-state index >= 15 is 0 Å². The molecular weight excluding hydrogens is 277 g/mol. The molecule has 20 heavy (non-hydrogen) atoms. The number of aromatic nitrogens is 2. The van der Waals surface area contributed by atoms with Crippen LogP contribution in [0.3, 0.4) is 0 Å². The van der Waals surface area contributed by atoms with Gasteiger partial charge in [-0.3, -0.25) is 4.68 Å². The van der Waals surface area contributed by atoms with Crippen molar-refractivity contribution in [3.05, 3.63) is 47.0 Å². The van der Waals surface area contributed by atoms with Gasteiger partial charge in [0.15, 0.2) is 0 Å². The van der Waals surface area contributed by atoms with Gasteiger partial charge in [-0.05, 0) is 37.1 Å². The van der Waals surface area contributed by atoms with Gasteiger partial charge in [-0.2, -0.15) is 5.10 Å². The van der Waals surface area contributed by atoms with Crippen LogP contribution in [0.4, 0.5) is 10.1 Å². The van der Waals surface area contributed by atoms with Crippen LogP contribution in [0.5, 0.6) is 0 Å². The number of benzene rings is 1. The minimum Gasteiger partial charge on any atom is -0.379 e. The highest BCUT2D eigenvalue weighted by atomic mass is 35.5. The van der Waals surface area contributed by atoms with Gasteiger partial charge in [-0.1, -0.05) is 25.4 Å².